The molecule has 5 rings (SSSR count). The van der Waals surface area contributed by atoms with Crippen molar-refractivity contribution >= 4 is 12.0 Å². The Kier molecular flexibility index (Phi) is 4.11. The number of rotatable bonds is 5. The Bertz CT molecular complexity index is 614. The number of carbonyl (C=O) groups excluding carboxylic acids is 1. The number of ether oxygens (including phenoxy) is 1. The van der Waals surface area contributed by atoms with Gasteiger partial charge in [0.1, 0.15) is 5.75 Å². The zero-order chi connectivity index (χ0) is 16.6. The van der Waals surface area contributed by atoms with Crippen molar-refractivity contribution in [1.29, 1.82) is 0 Å². The van der Waals surface area contributed by atoms with Crippen LogP contribution in [0.1, 0.15) is 44.1 Å². The lowest BCUT2D eigenvalue weighted by Crippen LogP contribution is -2.51. The van der Waals surface area contributed by atoms with Crippen molar-refractivity contribution in [2.75, 3.05) is 13.7 Å². The van der Waals surface area contributed by atoms with Gasteiger partial charge in [-0.05, 0) is 73.8 Å². The topological polar surface area (TPSA) is 38.3 Å². The van der Waals surface area contributed by atoms with Crippen molar-refractivity contribution < 1.29 is 9.53 Å². The second kappa shape index (κ2) is 6.27. The van der Waals surface area contributed by atoms with Crippen LogP contribution >= 0.6 is 0 Å². The second-order valence-corrected chi connectivity index (χ2v) is 8.21. The Hall–Kier alpha value is -1.77. The number of hydrogen-bond acceptors (Lipinski definition) is 2. The largest absolute Gasteiger partial charge is 0.496 e. The van der Waals surface area contributed by atoms with Crippen LogP contribution in [0.25, 0.3) is 6.08 Å². The summed E-state index contributed by atoms with van der Waals surface area (Å²) in [4.78, 5) is 12.3. The SMILES string of the molecule is COc1ccccc1C=CC(=O)NCC12CC3CC(CC(C3)C1)C2. The van der Waals surface area contributed by atoms with Gasteiger partial charge >= 0.3 is 0 Å². The monoisotopic (exact) mass is 325 g/mol. The van der Waals surface area contributed by atoms with E-state index in [1.165, 1.54) is 38.5 Å². The van der Waals surface area contributed by atoms with Gasteiger partial charge < -0.3 is 10.1 Å². The van der Waals surface area contributed by atoms with Crippen LogP contribution in [-0.4, -0.2) is 19.6 Å². The zero-order valence-corrected chi connectivity index (χ0v) is 14.5. The average molecular weight is 325 g/mol. The number of carbonyl (C=O) groups is 1. The van der Waals surface area contributed by atoms with Gasteiger partial charge in [-0.25, -0.2) is 0 Å². The molecular weight excluding hydrogens is 298 g/mol. The molecule has 3 heteroatoms. The highest BCUT2D eigenvalue weighted by atomic mass is 16.5. The van der Waals surface area contributed by atoms with E-state index in [4.69, 9.17) is 4.74 Å². The van der Waals surface area contributed by atoms with Gasteiger partial charge in [0.15, 0.2) is 0 Å². The number of hydrogen-bond donors (Lipinski definition) is 1. The van der Waals surface area contributed by atoms with Crippen LogP contribution in [0, 0.1) is 23.2 Å². The summed E-state index contributed by atoms with van der Waals surface area (Å²) in [7, 11) is 1.65. The average Bonchev–Trinajstić information content (AvgIpc) is 2.57. The molecule has 0 radical (unpaired) electrons. The summed E-state index contributed by atoms with van der Waals surface area (Å²) in [5, 5.41) is 3.18. The van der Waals surface area contributed by atoms with E-state index in [0.29, 0.717) is 5.41 Å². The summed E-state index contributed by atoms with van der Waals surface area (Å²) in [6.07, 6.45) is 11.8. The molecule has 0 spiro atoms. The maximum absolute atomic E-state index is 12.3. The third-order valence-corrected chi connectivity index (χ3v) is 6.36. The van der Waals surface area contributed by atoms with Gasteiger partial charge in [0.25, 0.3) is 0 Å². The smallest absolute Gasteiger partial charge is 0.244 e. The molecule has 24 heavy (non-hydrogen) atoms. The molecular formula is C21H27NO2. The molecule has 1 aromatic carbocycles. The van der Waals surface area contributed by atoms with Crippen LogP contribution < -0.4 is 10.1 Å². The van der Waals surface area contributed by atoms with E-state index in [-0.39, 0.29) is 5.91 Å². The third kappa shape index (κ3) is 3.09. The Morgan fingerprint density at radius 2 is 1.79 bits per heavy atom. The molecule has 3 nitrogen and oxygen atoms in total. The molecule has 4 saturated carbocycles. The van der Waals surface area contributed by atoms with Crippen LogP contribution in [-0.2, 0) is 4.79 Å². The minimum Gasteiger partial charge on any atom is -0.496 e. The minimum atomic E-state index is 0.0108. The number of methoxy groups -OCH3 is 1. The fourth-order valence-corrected chi connectivity index (χ4v) is 5.81. The summed E-state index contributed by atoms with van der Waals surface area (Å²) in [5.74, 6) is 3.59. The van der Waals surface area contributed by atoms with Crippen molar-refractivity contribution in [3.63, 3.8) is 0 Å². The van der Waals surface area contributed by atoms with Crippen LogP contribution in [0.3, 0.4) is 0 Å². The summed E-state index contributed by atoms with van der Waals surface area (Å²) >= 11 is 0. The van der Waals surface area contributed by atoms with E-state index in [1.807, 2.05) is 30.3 Å². The maximum atomic E-state index is 12.3. The lowest BCUT2D eigenvalue weighted by atomic mass is 9.49. The Labute approximate surface area is 144 Å². The normalized spacial score (nSPS) is 33.8. The van der Waals surface area contributed by atoms with Gasteiger partial charge in [0.2, 0.25) is 5.91 Å². The van der Waals surface area contributed by atoms with Gasteiger partial charge in [-0.1, -0.05) is 18.2 Å². The summed E-state index contributed by atoms with van der Waals surface area (Å²) in [6, 6.07) is 7.76. The molecule has 0 heterocycles. The number of benzene rings is 1. The van der Waals surface area contributed by atoms with E-state index in [2.05, 4.69) is 5.32 Å². The molecule has 4 bridgehead atoms. The van der Waals surface area contributed by atoms with Gasteiger partial charge in [-0.3, -0.25) is 4.79 Å². The van der Waals surface area contributed by atoms with Crippen molar-refractivity contribution in [2.24, 2.45) is 23.2 Å². The van der Waals surface area contributed by atoms with Crippen molar-refractivity contribution in [3.05, 3.63) is 35.9 Å². The zero-order valence-electron chi connectivity index (χ0n) is 14.5. The van der Waals surface area contributed by atoms with Gasteiger partial charge in [-0.2, -0.15) is 0 Å². The van der Waals surface area contributed by atoms with Crippen molar-refractivity contribution in [3.8, 4) is 5.75 Å². The van der Waals surface area contributed by atoms with Gasteiger partial charge in [0, 0.05) is 18.2 Å². The molecule has 4 fully saturated rings. The van der Waals surface area contributed by atoms with E-state index < -0.39 is 0 Å². The van der Waals surface area contributed by atoms with E-state index in [1.54, 1.807) is 13.2 Å². The molecule has 4 aliphatic rings. The third-order valence-electron chi connectivity index (χ3n) is 6.36. The quantitative estimate of drug-likeness (QED) is 0.830. The van der Waals surface area contributed by atoms with Crippen molar-refractivity contribution in [1.82, 2.24) is 5.32 Å². The predicted molar refractivity (Wildman–Crippen MR) is 95.6 cm³/mol. The van der Waals surface area contributed by atoms with Gasteiger partial charge in [-0.15, -0.1) is 0 Å². The molecule has 1 amide bonds. The Morgan fingerprint density at radius 1 is 1.17 bits per heavy atom. The van der Waals surface area contributed by atoms with Crippen molar-refractivity contribution in [2.45, 2.75) is 38.5 Å². The molecule has 4 aliphatic carbocycles. The molecule has 0 atom stereocenters. The van der Waals surface area contributed by atoms with Crippen LogP contribution in [0.2, 0.25) is 0 Å². The maximum Gasteiger partial charge on any atom is 0.244 e. The summed E-state index contributed by atoms with van der Waals surface area (Å²) in [5.41, 5.74) is 1.33. The van der Waals surface area contributed by atoms with Crippen LogP contribution in [0.4, 0.5) is 0 Å². The highest BCUT2D eigenvalue weighted by Gasteiger charge is 2.50. The molecule has 0 aliphatic heterocycles. The number of amides is 1. The second-order valence-electron chi connectivity index (χ2n) is 8.21. The van der Waals surface area contributed by atoms with Crippen LogP contribution in [0.15, 0.2) is 30.3 Å². The molecule has 0 saturated heterocycles. The number of para-hydroxylation sites is 1. The highest BCUT2D eigenvalue weighted by Crippen LogP contribution is 2.59. The van der Waals surface area contributed by atoms with E-state index >= 15 is 0 Å². The molecule has 0 unspecified atom stereocenters. The van der Waals surface area contributed by atoms with Gasteiger partial charge in [0.05, 0.1) is 7.11 Å². The first-order chi connectivity index (χ1) is 11.7. The highest BCUT2D eigenvalue weighted by molar-refractivity contribution is 5.92. The number of nitrogens with one attached hydrogen (secondary N) is 1. The van der Waals surface area contributed by atoms with Crippen LogP contribution in [0.5, 0.6) is 5.75 Å². The Balaban J connectivity index is 1.36. The molecule has 1 N–H and O–H groups in total. The standard InChI is InChI=1S/C21H27NO2/c1-24-19-5-3-2-4-18(19)6-7-20(23)22-14-21-11-15-8-16(12-21)10-17(9-15)13-21/h2-7,15-17H,8-14H2,1H3,(H,22,23). The first-order valence-electron chi connectivity index (χ1n) is 9.25. The minimum absolute atomic E-state index is 0.0108. The molecule has 0 aromatic heterocycles. The lowest BCUT2D eigenvalue weighted by Gasteiger charge is -2.56. The Morgan fingerprint density at radius 3 is 2.42 bits per heavy atom. The summed E-state index contributed by atoms with van der Waals surface area (Å²) in [6.45, 7) is 0.853. The fraction of sp³-hybridized carbons (Fsp3) is 0.571. The summed E-state index contributed by atoms with van der Waals surface area (Å²) < 4.78 is 5.32. The first kappa shape index (κ1) is 15.7. The fourth-order valence-electron chi connectivity index (χ4n) is 5.81. The first-order valence-corrected chi connectivity index (χ1v) is 9.25. The van der Waals surface area contributed by atoms with E-state index in [0.717, 1.165) is 35.6 Å². The van der Waals surface area contributed by atoms with E-state index in [9.17, 15) is 4.79 Å². The lowest BCUT2D eigenvalue weighted by molar-refractivity contribution is -0.118. The molecule has 1 aromatic rings. The predicted octanol–water partition coefficient (Wildman–Crippen LogP) is 4.04. The molecule has 128 valence electrons.